The third kappa shape index (κ3) is 6.16. The van der Waals surface area contributed by atoms with E-state index < -0.39 is 0 Å². The van der Waals surface area contributed by atoms with Gasteiger partial charge >= 0.3 is 0 Å². The lowest BCUT2D eigenvalue weighted by molar-refractivity contribution is 0.397. The van der Waals surface area contributed by atoms with Crippen molar-refractivity contribution in [1.82, 2.24) is 34.9 Å². The second-order valence-corrected chi connectivity index (χ2v) is 7.31. The summed E-state index contributed by atoms with van der Waals surface area (Å²) in [6.45, 7) is 0. The van der Waals surface area contributed by atoms with Gasteiger partial charge in [0.05, 0.1) is 41.9 Å². The molecule has 0 atom stereocenters. The predicted octanol–water partition coefficient (Wildman–Crippen LogP) is 4.54. The van der Waals surface area contributed by atoms with Gasteiger partial charge in [0.25, 0.3) is 5.56 Å². The van der Waals surface area contributed by atoms with Crippen LogP contribution in [-0.2, 0) is 0 Å². The molecular weight excluding hydrogens is 505 g/mol. The summed E-state index contributed by atoms with van der Waals surface area (Å²) < 4.78 is 24.9. The fourth-order valence-electron chi connectivity index (χ4n) is 2.40. The van der Waals surface area contributed by atoms with Crippen LogP contribution < -0.4 is 21.8 Å². The molecule has 0 aliphatic heterocycles. The van der Waals surface area contributed by atoms with Crippen LogP contribution in [0.5, 0.6) is 5.88 Å². The van der Waals surface area contributed by atoms with E-state index in [9.17, 15) is 4.79 Å². The molecule has 182 valence electrons. The number of halogens is 3. The number of nitrogen functional groups attached to an aromatic ring is 2. The molecule has 5 N–H and O–H groups in total. The Morgan fingerprint density at radius 3 is 2.18 bits per heavy atom. The number of nitrogens with two attached hydrogens (primary N) is 2. The van der Waals surface area contributed by atoms with Gasteiger partial charge in [0.1, 0.15) is 11.0 Å². The van der Waals surface area contributed by atoms with E-state index in [4.69, 9.17) is 56.9 Å². The second-order valence-electron chi connectivity index (χ2n) is 6.23. The summed E-state index contributed by atoms with van der Waals surface area (Å²) in [5.74, 6) is 0.467. The highest BCUT2D eigenvalue weighted by molar-refractivity contribution is 6.34. The second kappa shape index (κ2) is 11.4. The number of ether oxygens (including phenoxy) is 1. The molecule has 0 radical (unpaired) electrons. The Labute approximate surface area is 216 Å². The maximum absolute atomic E-state index is 10.8. The minimum atomic E-state index is -0.246. The van der Waals surface area contributed by atoms with Crippen LogP contribution >= 0.6 is 34.8 Å². The minimum Gasteiger partial charge on any atom is -0.480 e. The summed E-state index contributed by atoms with van der Waals surface area (Å²) in [5, 5.41) is 0.909. The normalized spacial score (nSPS) is 10.6. The molecule has 0 saturated carbocycles. The molecule has 34 heavy (non-hydrogen) atoms. The zero-order chi connectivity index (χ0) is 28.7. The number of pyridine rings is 3. The van der Waals surface area contributed by atoms with Crippen LogP contribution in [0.1, 0.15) is 8.79 Å². The molecule has 5 heterocycles. The van der Waals surface area contributed by atoms with Crippen molar-refractivity contribution in [3.8, 4) is 5.88 Å². The van der Waals surface area contributed by atoms with Crippen molar-refractivity contribution in [3.05, 3.63) is 75.0 Å². The smallest absolute Gasteiger partial charge is 0.266 e. The van der Waals surface area contributed by atoms with E-state index in [0.29, 0.717) is 49.6 Å². The number of nitrogens with one attached hydrogen (secondary N) is 1. The summed E-state index contributed by atoms with van der Waals surface area (Å²) in [6.07, 6.45) is 7.29. The van der Waals surface area contributed by atoms with Gasteiger partial charge in [-0.1, -0.05) is 34.8 Å². The minimum absolute atomic E-state index is 0. The number of rotatable bonds is 1. The van der Waals surface area contributed by atoms with Gasteiger partial charge in [0, 0.05) is 27.4 Å². The molecule has 0 aliphatic rings. The van der Waals surface area contributed by atoms with Gasteiger partial charge in [-0.05, 0) is 18.2 Å². The van der Waals surface area contributed by atoms with Gasteiger partial charge in [-0.15, -0.1) is 0 Å². The van der Waals surface area contributed by atoms with E-state index >= 15 is 0 Å². The van der Waals surface area contributed by atoms with Crippen LogP contribution in [0, 0.1) is 0 Å². The van der Waals surface area contributed by atoms with Crippen molar-refractivity contribution in [2.24, 2.45) is 0 Å². The molecule has 0 amide bonds. The Morgan fingerprint density at radius 1 is 0.882 bits per heavy atom. The molecule has 5 rings (SSSR count). The third-order valence-electron chi connectivity index (χ3n) is 4.03. The Morgan fingerprint density at radius 2 is 1.50 bits per heavy atom. The van der Waals surface area contributed by atoms with E-state index in [1.165, 1.54) is 24.8 Å². The first-order valence-corrected chi connectivity index (χ1v) is 10.4. The Bertz CT molecular complexity index is 1500. The first-order valence-electron chi connectivity index (χ1n) is 11.3. The first-order chi connectivity index (χ1) is 18.3. The maximum atomic E-state index is 10.8. The Hall–Kier alpha value is -3.80. The van der Waals surface area contributed by atoms with E-state index in [2.05, 4.69) is 34.9 Å². The molecule has 0 aliphatic carbocycles. The standard InChI is InChI=1S/C8H6ClN3O.C7H4ClN3O.C5H6ClN3.4H2/c1-13-6-4-11-7-5(12-6)2-3-10-8(7)9;8-7-6-4(1-2-9-7)11-5(12)3-10-6;6-5-4(8)3(7)1-2-9-5;;;;/h2-4H,1H3;1-3H,(H,11,12);1-2H,8H2,(H2,7,9);4*1H/i;;;2*1+1D;2*1+1. The number of hydrogen-bond donors (Lipinski definition) is 3. The van der Waals surface area contributed by atoms with Gasteiger partial charge in [0.2, 0.25) is 5.88 Å². The third-order valence-corrected chi connectivity index (χ3v) is 4.88. The number of nitrogens with zero attached hydrogens (tertiary/aromatic N) is 6. The fourth-order valence-corrected chi connectivity index (χ4v) is 2.97. The van der Waals surface area contributed by atoms with Crippen LogP contribution in [-0.4, -0.2) is 42.0 Å². The number of aromatic amines is 1. The molecule has 11 nitrogen and oxygen atoms in total. The Balaban J connectivity index is 0. The summed E-state index contributed by atoms with van der Waals surface area (Å²) in [6, 6.07) is 4.98. The number of hydrogen-bond acceptors (Lipinski definition) is 10. The van der Waals surface area contributed by atoms with Crippen LogP contribution in [0.4, 0.5) is 11.4 Å². The molecule has 0 bridgehead atoms. The molecule has 5 aromatic heterocycles. The number of aromatic nitrogens is 7. The van der Waals surface area contributed by atoms with Gasteiger partial charge in [-0.3, -0.25) is 4.79 Å². The zero-order valence-corrected chi connectivity index (χ0v) is 19.7. The van der Waals surface area contributed by atoms with E-state index in [0.717, 1.165) is 0 Å². The zero-order valence-electron chi connectivity index (χ0n) is 21.4. The fraction of sp³-hybridized carbons (Fsp3) is 0.0500. The van der Waals surface area contributed by atoms with Gasteiger partial charge < -0.3 is 21.2 Å². The van der Waals surface area contributed by atoms with Gasteiger partial charge in [0.15, 0.2) is 15.5 Å². The summed E-state index contributed by atoms with van der Waals surface area (Å²) in [7, 11) is 1.54. The largest absolute Gasteiger partial charge is 0.480 e. The highest BCUT2D eigenvalue weighted by Crippen LogP contribution is 2.21. The van der Waals surface area contributed by atoms with Crippen LogP contribution in [0.2, 0.25) is 15.5 Å². The van der Waals surface area contributed by atoms with E-state index in [1.807, 2.05) is 0 Å². The summed E-state index contributed by atoms with van der Waals surface area (Å²) in [5.41, 5.74) is 13.7. The van der Waals surface area contributed by atoms with E-state index in [-0.39, 0.29) is 13.6 Å². The highest BCUT2D eigenvalue weighted by Gasteiger charge is 2.03. The summed E-state index contributed by atoms with van der Waals surface area (Å²) >= 11 is 17.0. The van der Waals surface area contributed by atoms with Crippen molar-refractivity contribution < 1.29 is 13.5 Å². The average Bonchev–Trinajstić information content (AvgIpc) is 2.94. The lowest BCUT2D eigenvalue weighted by Crippen LogP contribution is -2.05. The van der Waals surface area contributed by atoms with Crippen LogP contribution in [0.25, 0.3) is 22.1 Å². The molecule has 14 heteroatoms. The lowest BCUT2D eigenvalue weighted by atomic mass is 10.4. The molecule has 0 spiro atoms. The van der Waals surface area contributed by atoms with Crippen molar-refractivity contribution >= 4 is 68.2 Å². The molecule has 0 unspecified atom stereocenters. The molecule has 0 fully saturated rings. The SMILES string of the molecule is COc1cnc2c(Cl)nccc2n1.Nc1ccnc(Cl)c1N.O=c1cnc2c(Cl)nccc2[nH]1.[2HH].[2HH].[2H][2H].[2H][2H]. The van der Waals surface area contributed by atoms with Crippen molar-refractivity contribution in [1.29, 1.82) is 0 Å². The predicted molar refractivity (Wildman–Crippen MR) is 141 cm³/mol. The van der Waals surface area contributed by atoms with E-state index in [1.54, 1.807) is 31.5 Å². The number of methoxy groups -OCH3 is 1. The quantitative estimate of drug-likeness (QED) is 0.259. The molecule has 5 aromatic rings. The van der Waals surface area contributed by atoms with Crippen molar-refractivity contribution in [2.45, 2.75) is 0 Å². The average molecular weight is 535 g/mol. The first kappa shape index (κ1) is 22.0. The summed E-state index contributed by atoms with van der Waals surface area (Å²) in [4.78, 5) is 36.9. The highest BCUT2D eigenvalue weighted by atomic mass is 35.5. The maximum Gasteiger partial charge on any atom is 0.266 e. The molecule has 0 aromatic carbocycles. The van der Waals surface area contributed by atoms with Gasteiger partial charge in [-0.25, -0.2) is 29.9 Å². The topological polar surface area (TPSA) is 171 Å². The van der Waals surface area contributed by atoms with Gasteiger partial charge in [-0.2, -0.15) is 0 Å². The van der Waals surface area contributed by atoms with Crippen molar-refractivity contribution in [3.63, 3.8) is 0 Å². The number of H-pyrrole nitrogens is 1. The van der Waals surface area contributed by atoms with Crippen LogP contribution in [0.3, 0.4) is 0 Å². The molecule has 0 saturated heterocycles. The lowest BCUT2D eigenvalue weighted by Gasteiger charge is -2.00. The molecular formula is C20H24Cl3N9O2. The monoisotopic (exact) mass is 533 g/mol. The number of fused-ring (bicyclic) bond motifs is 2. The van der Waals surface area contributed by atoms with Crippen LogP contribution in [0.15, 0.2) is 54.0 Å². The Kier molecular flexibility index (Phi) is 7.36. The van der Waals surface area contributed by atoms with Crippen molar-refractivity contribution in [2.75, 3.05) is 18.6 Å². The number of anilines is 2.